The zero-order chi connectivity index (χ0) is 21.2. The quantitative estimate of drug-likeness (QED) is 0.652. The Morgan fingerprint density at radius 2 is 2.10 bits per heavy atom. The number of hydrogen-bond donors (Lipinski definition) is 3. The first kappa shape index (κ1) is 20.6. The largest absolute Gasteiger partial charge is 0.481 e. The molecule has 1 aliphatic rings. The summed E-state index contributed by atoms with van der Waals surface area (Å²) in [6.45, 7) is 6.97. The highest BCUT2D eigenvalue weighted by molar-refractivity contribution is 5.84. The number of anilines is 2. The summed E-state index contributed by atoms with van der Waals surface area (Å²) in [4.78, 5) is 38.4. The molecule has 1 saturated heterocycles. The first-order valence-electron chi connectivity index (χ1n) is 9.53. The highest BCUT2D eigenvalue weighted by Gasteiger charge is 2.28. The zero-order valence-corrected chi connectivity index (χ0v) is 17.1. The Balaban J connectivity index is 1.76. The lowest BCUT2D eigenvalue weighted by molar-refractivity contribution is -0.137. The lowest BCUT2D eigenvalue weighted by atomic mass is 10.2. The third kappa shape index (κ3) is 5.04. The van der Waals surface area contributed by atoms with Crippen molar-refractivity contribution in [1.82, 2.24) is 24.8 Å². The second kappa shape index (κ2) is 8.10. The van der Waals surface area contributed by atoms with Gasteiger partial charge in [0.25, 0.3) is 0 Å². The number of amides is 1. The first-order valence-corrected chi connectivity index (χ1v) is 9.53. The highest BCUT2D eigenvalue weighted by atomic mass is 16.6. The summed E-state index contributed by atoms with van der Waals surface area (Å²) in [5, 5.41) is 14.9. The van der Waals surface area contributed by atoms with Crippen LogP contribution in [0.1, 0.15) is 33.6 Å². The average Bonchev–Trinajstić information content (AvgIpc) is 3.24. The number of aliphatic carboxylic acids is 1. The molecule has 1 amide bonds. The van der Waals surface area contributed by atoms with Gasteiger partial charge < -0.3 is 29.9 Å². The summed E-state index contributed by atoms with van der Waals surface area (Å²) in [6, 6.07) is -0.0703. The van der Waals surface area contributed by atoms with Gasteiger partial charge in [-0.25, -0.2) is 9.78 Å². The van der Waals surface area contributed by atoms with Crippen molar-refractivity contribution in [3.8, 4) is 0 Å². The number of ether oxygens (including phenoxy) is 1. The average molecular weight is 405 g/mol. The molecule has 3 heterocycles. The molecule has 3 N–H and O–H groups in total. The molecular formula is C18H27N7O4. The van der Waals surface area contributed by atoms with Crippen LogP contribution in [0.4, 0.5) is 16.6 Å². The van der Waals surface area contributed by atoms with Crippen LogP contribution in [0.2, 0.25) is 0 Å². The van der Waals surface area contributed by atoms with Crippen LogP contribution < -0.4 is 15.5 Å². The van der Waals surface area contributed by atoms with Crippen LogP contribution in [-0.4, -0.2) is 68.5 Å². The van der Waals surface area contributed by atoms with Crippen molar-refractivity contribution in [1.29, 1.82) is 0 Å². The molecule has 3 rings (SSSR count). The van der Waals surface area contributed by atoms with E-state index in [-0.39, 0.29) is 19.0 Å². The predicted octanol–water partition coefficient (Wildman–Crippen LogP) is 1.45. The number of fused-ring (bicyclic) bond motifs is 1. The summed E-state index contributed by atoms with van der Waals surface area (Å²) in [5.41, 5.74) is 0.612. The van der Waals surface area contributed by atoms with Gasteiger partial charge in [0.1, 0.15) is 5.60 Å². The number of carbonyl (C=O) groups is 2. The van der Waals surface area contributed by atoms with E-state index in [1.807, 2.05) is 25.7 Å². The standard InChI is InChI=1S/C18H27N7O4/c1-18(2,3)29-17(28)21-11-5-7-24(9-11)16-22-14(19-4)13-15(23-16)25(10-20-13)8-6-12(26)27/h10-11H,5-9H2,1-4H3,(H,21,28)(H,26,27)(H,19,22,23). The molecule has 2 aromatic rings. The van der Waals surface area contributed by atoms with Crippen LogP contribution in [0.3, 0.4) is 0 Å². The lowest BCUT2D eigenvalue weighted by Gasteiger charge is -2.22. The van der Waals surface area contributed by atoms with Crippen molar-refractivity contribution in [3.05, 3.63) is 6.33 Å². The number of carbonyl (C=O) groups excluding carboxylic acids is 1. The van der Waals surface area contributed by atoms with Gasteiger partial charge >= 0.3 is 12.1 Å². The predicted molar refractivity (Wildman–Crippen MR) is 107 cm³/mol. The Bertz CT molecular complexity index is 905. The fraction of sp³-hybridized carbons (Fsp3) is 0.611. The number of nitrogens with one attached hydrogen (secondary N) is 2. The maximum atomic E-state index is 12.0. The minimum atomic E-state index is -0.884. The van der Waals surface area contributed by atoms with Gasteiger partial charge in [-0.2, -0.15) is 9.97 Å². The summed E-state index contributed by atoms with van der Waals surface area (Å²) in [5.74, 6) is 0.195. The Kier molecular flexibility index (Phi) is 5.76. The molecule has 1 atom stereocenters. The molecule has 1 fully saturated rings. The van der Waals surface area contributed by atoms with Crippen molar-refractivity contribution in [2.24, 2.45) is 0 Å². The number of aromatic nitrogens is 4. The molecule has 11 heteroatoms. The number of carboxylic acids is 1. The topological polar surface area (TPSA) is 134 Å². The Hall–Kier alpha value is -3.11. The van der Waals surface area contributed by atoms with Crippen molar-refractivity contribution in [2.45, 2.75) is 51.8 Å². The number of carboxylic acid groups (broad SMARTS) is 1. The summed E-state index contributed by atoms with van der Waals surface area (Å²) in [6.07, 6.45) is 1.85. The molecule has 11 nitrogen and oxygen atoms in total. The molecule has 1 aliphatic heterocycles. The minimum Gasteiger partial charge on any atom is -0.481 e. The highest BCUT2D eigenvalue weighted by Crippen LogP contribution is 2.25. The molecule has 29 heavy (non-hydrogen) atoms. The number of hydrogen-bond acceptors (Lipinski definition) is 8. The molecule has 0 aromatic carbocycles. The number of alkyl carbamates (subject to hydrolysis) is 1. The van der Waals surface area contributed by atoms with Crippen LogP contribution >= 0.6 is 0 Å². The van der Waals surface area contributed by atoms with Crippen LogP contribution in [0.15, 0.2) is 6.33 Å². The molecule has 1 unspecified atom stereocenters. The van der Waals surface area contributed by atoms with Gasteiger partial charge in [-0.1, -0.05) is 0 Å². The second-order valence-corrected chi connectivity index (χ2v) is 7.95. The number of imidazole rings is 1. The van der Waals surface area contributed by atoms with E-state index in [0.29, 0.717) is 36.0 Å². The van der Waals surface area contributed by atoms with Crippen LogP contribution in [0.25, 0.3) is 11.2 Å². The molecule has 2 aromatic heterocycles. The molecule has 0 radical (unpaired) electrons. The van der Waals surface area contributed by atoms with Crippen molar-refractivity contribution in [3.63, 3.8) is 0 Å². The van der Waals surface area contributed by atoms with E-state index in [9.17, 15) is 9.59 Å². The van der Waals surface area contributed by atoms with Gasteiger partial charge in [0.15, 0.2) is 17.0 Å². The molecule has 158 valence electrons. The molecule has 0 spiro atoms. The minimum absolute atomic E-state index is 0.0225. The SMILES string of the molecule is CNc1nc(N2CCC(NC(=O)OC(C)(C)C)C2)nc2c1ncn2CCC(=O)O. The van der Waals surface area contributed by atoms with Gasteiger partial charge in [0.2, 0.25) is 5.95 Å². The van der Waals surface area contributed by atoms with Gasteiger partial charge in [-0.05, 0) is 27.2 Å². The monoisotopic (exact) mass is 405 g/mol. The Morgan fingerprint density at radius 1 is 1.34 bits per heavy atom. The Labute approximate surface area is 168 Å². The van der Waals surface area contributed by atoms with Crippen molar-refractivity contribution in [2.75, 3.05) is 30.4 Å². The van der Waals surface area contributed by atoms with E-state index in [0.717, 1.165) is 6.42 Å². The summed E-state index contributed by atoms with van der Waals surface area (Å²) >= 11 is 0. The third-order valence-electron chi connectivity index (χ3n) is 4.45. The molecule has 0 bridgehead atoms. The smallest absolute Gasteiger partial charge is 0.407 e. The lowest BCUT2D eigenvalue weighted by Crippen LogP contribution is -2.40. The second-order valence-electron chi connectivity index (χ2n) is 7.95. The van der Waals surface area contributed by atoms with Gasteiger partial charge in [0.05, 0.1) is 18.8 Å². The van der Waals surface area contributed by atoms with Gasteiger partial charge in [-0.15, -0.1) is 0 Å². The number of aryl methyl sites for hydroxylation is 1. The zero-order valence-electron chi connectivity index (χ0n) is 17.1. The van der Waals surface area contributed by atoms with Crippen molar-refractivity contribution < 1.29 is 19.4 Å². The van der Waals surface area contributed by atoms with Gasteiger partial charge in [-0.3, -0.25) is 4.79 Å². The summed E-state index contributed by atoms with van der Waals surface area (Å²) in [7, 11) is 1.75. The van der Waals surface area contributed by atoms with Crippen LogP contribution in [-0.2, 0) is 16.1 Å². The Morgan fingerprint density at radius 3 is 2.76 bits per heavy atom. The summed E-state index contributed by atoms with van der Waals surface area (Å²) < 4.78 is 7.03. The first-order chi connectivity index (χ1) is 13.7. The van der Waals surface area contributed by atoms with E-state index in [1.165, 1.54) is 0 Å². The normalized spacial score (nSPS) is 16.8. The molecule has 0 aliphatic carbocycles. The van der Waals surface area contributed by atoms with Crippen molar-refractivity contribution >= 4 is 35.0 Å². The maximum Gasteiger partial charge on any atom is 0.407 e. The van der Waals surface area contributed by atoms with Crippen LogP contribution in [0, 0.1) is 0 Å². The molecular weight excluding hydrogens is 378 g/mol. The fourth-order valence-electron chi connectivity index (χ4n) is 3.16. The van der Waals surface area contributed by atoms with E-state index < -0.39 is 17.7 Å². The molecule has 0 saturated carbocycles. The van der Waals surface area contributed by atoms with E-state index in [1.54, 1.807) is 17.9 Å². The number of nitrogens with zero attached hydrogens (tertiary/aromatic N) is 5. The van der Waals surface area contributed by atoms with E-state index in [2.05, 4.69) is 25.6 Å². The number of rotatable bonds is 6. The fourth-order valence-corrected chi connectivity index (χ4v) is 3.16. The third-order valence-corrected chi connectivity index (χ3v) is 4.45. The van der Waals surface area contributed by atoms with Gasteiger partial charge in [0, 0.05) is 26.7 Å². The maximum absolute atomic E-state index is 12.0. The van der Waals surface area contributed by atoms with Crippen LogP contribution in [0.5, 0.6) is 0 Å². The van der Waals surface area contributed by atoms with E-state index in [4.69, 9.17) is 9.84 Å². The van der Waals surface area contributed by atoms with E-state index >= 15 is 0 Å².